The molecule has 1 aromatic heterocycles. The van der Waals surface area contributed by atoms with Crippen LogP contribution in [0.1, 0.15) is 38.1 Å². The van der Waals surface area contributed by atoms with Crippen molar-refractivity contribution in [1.82, 2.24) is 4.72 Å². The van der Waals surface area contributed by atoms with Crippen LogP contribution in [0.4, 0.5) is 0 Å². The Morgan fingerprint density at radius 3 is 2.36 bits per heavy atom. The lowest BCUT2D eigenvalue weighted by molar-refractivity contribution is -0.153. The van der Waals surface area contributed by atoms with E-state index >= 15 is 0 Å². The maximum Gasteiger partial charge on any atom is 0.311 e. The molecule has 2 rings (SSSR count). The fourth-order valence-corrected chi connectivity index (χ4v) is 3.20. The number of aryl methyl sites for hydroxylation is 1. The summed E-state index contributed by atoms with van der Waals surface area (Å²) in [6.07, 6.45) is 1.44. The van der Waals surface area contributed by atoms with Gasteiger partial charge in [-0.1, -0.05) is 17.7 Å². The summed E-state index contributed by atoms with van der Waals surface area (Å²) in [4.78, 5) is 12.1. The van der Waals surface area contributed by atoms with E-state index in [-0.39, 0.29) is 11.5 Å². The van der Waals surface area contributed by atoms with Crippen molar-refractivity contribution in [3.8, 4) is 0 Å². The van der Waals surface area contributed by atoms with Crippen LogP contribution in [0.5, 0.6) is 0 Å². The maximum atomic E-state index is 12.6. The van der Waals surface area contributed by atoms with Gasteiger partial charge < -0.3 is 9.15 Å². The van der Waals surface area contributed by atoms with Gasteiger partial charge in [0.2, 0.25) is 10.0 Å². The van der Waals surface area contributed by atoms with E-state index in [1.54, 1.807) is 45.0 Å². The number of benzene rings is 1. The minimum absolute atomic E-state index is 0.136. The van der Waals surface area contributed by atoms with Gasteiger partial charge in [0.05, 0.1) is 16.6 Å². The summed E-state index contributed by atoms with van der Waals surface area (Å²) in [5.41, 5.74) is 0.282. The first-order valence-electron chi connectivity index (χ1n) is 7.89. The fraction of sp³-hybridized carbons (Fsp3) is 0.389. The van der Waals surface area contributed by atoms with Crippen LogP contribution in [-0.2, 0) is 19.6 Å². The average molecular weight is 365 g/mol. The molecule has 0 aliphatic carbocycles. The van der Waals surface area contributed by atoms with Crippen molar-refractivity contribution in [2.24, 2.45) is 5.41 Å². The first kappa shape index (κ1) is 19.2. The number of esters is 1. The van der Waals surface area contributed by atoms with Crippen LogP contribution in [0.2, 0.25) is 0 Å². The van der Waals surface area contributed by atoms with Crippen molar-refractivity contribution in [1.29, 1.82) is 0 Å². The molecular weight excluding hydrogens is 342 g/mol. The minimum Gasteiger partial charge on any atom is -0.468 e. The largest absolute Gasteiger partial charge is 0.468 e. The summed E-state index contributed by atoms with van der Waals surface area (Å²) in [7, 11) is -3.79. The zero-order valence-corrected chi connectivity index (χ0v) is 15.6. The van der Waals surface area contributed by atoms with Crippen molar-refractivity contribution in [2.45, 2.75) is 38.6 Å². The predicted octanol–water partition coefficient (Wildman–Crippen LogP) is 3.20. The van der Waals surface area contributed by atoms with Gasteiger partial charge in [0.15, 0.2) is 0 Å². The van der Waals surface area contributed by atoms with Gasteiger partial charge in [-0.3, -0.25) is 4.79 Å². The van der Waals surface area contributed by atoms with E-state index < -0.39 is 27.4 Å². The second kappa shape index (κ2) is 7.41. The number of carbonyl (C=O) groups is 1. The molecule has 0 aliphatic rings. The lowest BCUT2D eigenvalue weighted by Crippen LogP contribution is -2.33. The van der Waals surface area contributed by atoms with Gasteiger partial charge in [-0.15, -0.1) is 0 Å². The van der Waals surface area contributed by atoms with E-state index in [9.17, 15) is 13.2 Å². The highest BCUT2D eigenvalue weighted by atomic mass is 32.2. The number of hydrogen-bond acceptors (Lipinski definition) is 5. The molecule has 1 aromatic carbocycles. The zero-order valence-electron chi connectivity index (χ0n) is 14.8. The second-order valence-electron chi connectivity index (χ2n) is 6.85. The Hall–Kier alpha value is -2.12. The molecule has 0 radical (unpaired) electrons. The highest BCUT2D eigenvalue weighted by Crippen LogP contribution is 2.21. The fourth-order valence-electron chi connectivity index (χ4n) is 2.01. The maximum absolute atomic E-state index is 12.6. The highest BCUT2D eigenvalue weighted by molar-refractivity contribution is 7.89. The van der Waals surface area contributed by atoms with Gasteiger partial charge in [-0.2, -0.15) is 4.72 Å². The molecule has 0 bridgehead atoms. The molecule has 0 aliphatic heterocycles. The quantitative estimate of drug-likeness (QED) is 0.795. The standard InChI is InChI=1S/C18H23NO5S/c1-13-7-9-14(10-8-13)25(21,22)19-15(16-6-5-11-23-16)12-24-17(20)18(2,3)4/h5-11,15,19H,12H2,1-4H3/t15-/m0/s1. The van der Waals surface area contributed by atoms with Crippen LogP contribution in [0.25, 0.3) is 0 Å². The van der Waals surface area contributed by atoms with Gasteiger partial charge >= 0.3 is 5.97 Å². The Kier molecular flexibility index (Phi) is 5.69. The number of furan rings is 1. The SMILES string of the molecule is Cc1ccc(S(=O)(=O)N[C@@H](COC(=O)C(C)(C)C)c2ccco2)cc1. The lowest BCUT2D eigenvalue weighted by atomic mass is 9.97. The molecule has 25 heavy (non-hydrogen) atoms. The Labute approximate surface area is 148 Å². The summed E-state index contributed by atoms with van der Waals surface area (Å²) in [6, 6.07) is 8.96. The van der Waals surface area contributed by atoms with Crippen LogP contribution in [-0.4, -0.2) is 21.0 Å². The van der Waals surface area contributed by atoms with E-state index in [0.29, 0.717) is 5.76 Å². The van der Waals surface area contributed by atoms with Gasteiger partial charge in [-0.25, -0.2) is 8.42 Å². The Morgan fingerprint density at radius 2 is 1.84 bits per heavy atom. The van der Waals surface area contributed by atoms with Crippen LogP contribution in [0.15, 0.2) is 52.0 Å². The summed E-state index contributed by atoms with van der Waals surface area (Å²) >= 11 is 0. The topological polar surface area (TPSA) is 85.6 Å². The number of carbonyl (C=O) groups excluding carboxylic acids is 1. The minimum atomic E-state index is -3.79. The van der Waals surface area contributed by atoms with Crippen molar-refractivity contribution in [3.05, 3.63) is 54.0 Å². The van der Waals surface area contributed by atoms with Crippen molar-refractivity contribution < 1.29 is 22.4 Å². The zero-order chi connectivity index (χ0) is 18.7. The van der Waals surface area contributed by atoms with E-state index in [1.807, 2.05) is 6.92 Å². The average Bonchev–Trinajstić information content (AvgIpc) is 3.04. The van der Waals surface area contributed by atoms with Crippen LogP contribution in [0.3, 0.4) is 0 Å². The highest BCUT2D eigenvalue weighted by Gasteiger charge is 2.28. The molecule has 1 heterocycles. The van der Waals surface area contributed by atoms with E-state index in [1.165, 1.54) is 18.4 Å². The van der Waals surface area contributed by atoms with Gasteiger partial charge in [-0.05, 0) is 52.0 Å². The number of ether oxygens (including phenoxy) is 1. The summed E-state index contributed by atoms with van der Waals surface area (Å²) in [5, 5.41) is 0. The predicted molar refractivity (Wildman–Crippen MR) is 93.4 cm³/mol. The third-order valence-corrected chi connectivity index (χ3v) is 5.00. The van der Waals surface area contributed by atoms with Crippen molar-refractivity contribution in [3.63, 3.8) is 0 Å². The molecule has 0 fully saturated rings. The summed E-state index contributed by atoms with van der Waals surface area (Å²) < 4.78 is 38.3. The van der Waals surface area contributed by atoms with Crippen molar-refractivity contribution in [2.75, 3.05) is 6.61 Å². The van der Waals surface area contributed by atoms with Gasteiger partial charge in [0.25, 0.3) is 0 Å². The molecular formula is C18H23NO5S. The Balaban J connectivity index is 2.19. The normalized spacial score (nSPS) is 13.4. The van der Waals surface area contributed by atoms with E-state index in [4.69, 9.17) is 9.15 Å². The molecule has 0 amide bonds. The molecule has 7 heteroatoms. The molecule has 0 saturated heterocycles. The van der Waals surface area contributed by atoms with E-state index in [0.717, 1.165) is 5.56 Å². The number of rotatable bonds is 6. The number of nitrogens with one attached hydrogen (secondary N) is 1. The lowest BCUT2D eigenvalue weighted by Gasteiger charge is -2.21. The van der Waals surface area contributed by atoms with Crippen LogP contribution < -0.4 is 4.72 Å². The molecule has 0 saturated carbocycles. The third kappa shape index (κ3) is 5.17. The molecule has 2 aromatic rings. The second-order valence-corrected chi connectivity index (χ2v) is 8.56. The summed E-state index contributed by atoms with van der Waals surface area (Å²) in [5.74, 6) is -0.0454. The number of hydrogen-bond donors (Lipinski definition) is 1. The van der Waals surface area contributed by atoms with E-state index in [2.05, 4.69) is 4.72 Å². The third-order valence-electron chi connectivity index (χ3n) is 3.51. The molecule has 136 valence electrons. The molecule has 0 unspecified atom stereocenters. The van der Waals surface area contributed by atoms with Crippen LogP contribution >= 0.6 is 0 Å². The first-order chi connectivity index (χ1) is 11.6. The molecule has 0 spiro atoms. The molecule has 1 atom stereocenters. The monoisotopic (exact) mass is 365 g/mol. The molecule has 1 N–H and O–H groups in total. The molecule has 6 nitrogen and oxygen atoms in total. The van der Waals surface area contributed by atoms with Crippen LogP contribution in [0, 0.1) is 12.3 Å². The number of sulfonamides is 1. The first-order valence-corrected chi connectivity index (χ1v) is 9.37. The smallest absolute Gasteiger partial charge is 0.311 e. The summed E-state index contributed by atoms with van der Waals surface area (Å²) in [6.45, 7) is 6.91. The van der Waals surface area contributed by atoms with Gasteiger partial charge in [0, 0.05) is 0 Å². The van der Waals surface area contributed by atoms with Crippen molar-refractivity contribution >= 4 is 16.0 Å². The Bertz CT molecular complexity index is 802. The van der Waals surface area contributed by atoms with Gasteiger partial charge in [0.1, 0.15) is 18.4 Å². The Morgan fingerprint density at radius 1 is 1.20 bits per heavy atom.